The van der Waals surface area contributed by atoms with Crippen LogP contribution in [0.5, 0.6) is 23.0 Å². The van der Waals surface area contributed by atoms with Gasteiger partial charge in [0.15, 0.2) is 28.8 Å². The van der Waals surface area contributed by atoms with E-state index in [4.69, 9.17) is 24.7 Å². The molecule has 0 aliphatic rings. The van der Waals surface area contributed by atoms with Crippen molar-refractivity contribution in [1.29, 1.82) is 0 Å². The van der Waals surface area contributed by atoms with Gasteiger partial charge in [0, 0.05) is 5.56 Å². The number of hydrogen-bond donors (Lipinski definition) is 2. The fraction of sp³-hybridized carbons (Fsp3) is 0.300. The highest BCUT2D eigenvalue weighted by atomic mass is 16.5. The molecule has 0 amide bonds. The number of ether oxygens (including phenoxy) is 4. The second-order valence-electron chi connectivity index (χ2n) is 5.94. The lowest BCUT2D eigenvalue weighted by Crippen LogP contribution is -2.14. The summed E-state index contributed by atoms with van der Waals surface area (Å²) in [6, 6.07) is 10.5. The second kappa shape index (κ2) is 8.62. The lowest BCUT2D eigenvalue weighted by atomic mass is 10.1. The number of H-pyrrole nitrogens is 1. The van der Waals surface area contributed by atoms with Crippen LogP contribution in [0.15, 0.2) is 36.4 Å². The Kier molecular flexibility index (Phi) is 6.00. The number of nitrogens with two attached hydrogens (primary N) is 1. The molecule has 3 rings (SSSR count). The topological polar surface area (TPSA) is 105 Å². The van der Waals surface area contributed by atoms with E-state index in [0.29, 0.717) is 41.3 Å². The molecule has 3 N–H and O–H groups in total. The molecular weight excluding hydrogens is 360 g/mol. The van der Waals surface area contributed by atoms with E-state index in [1.54, 1.807) is 21.3 Å². The van der Waals surface area contributed by atoms with Crippen molar-refractivity contribution >= 4 is 0 Å². The number of nitrogens with one attached hydrogen (secondary N) is 1. The predicted molar refractivity (Wildman–Crippen MR) is 105 cm³/mol. The third-order valence-corrected chi connectivity index (χ3v) is 4.29. The van der Waals surface area contributed by atoms with Gasteiger partial charge < -0.3 is 24.7 Å². The molecule has 0 fully saturated rings. The largest absolute Gasteiger partial charge is 0.493 e. The maximum absolute atomic E-state index is 6.39. The van der Waals surface area contributed by atoms with Crippen molar-refractivity contribution < 1.29 is 18.9 Å². The van der Waals surface area contributed by atoms with Crippen molar-refractivity contribution in [2.45, 2.75) is 13.0 Å². The van der Waals surface area contributed by atoms with Crippen molar-refractivity contribution in [3.05, 3.63) is 47.8 Å². The van der Waals surface area contributed by atoms with Gasteiger partial charge in [-0.1, -0.05) is 6.07 Å². The minimum absolute atomic E-state index is 0.494. The molecule has 28 heavy (non-hydrogen) atoms. The van der Waals surface area contributed by atoms with Crippen molar-refractivity contribution in [2.75, 3.05) is 27.9 Å². The van der Waals surface area contributed by atoms with Crippen LogP contribution in [0.3, 0.4) is 0 Å². The van der Waals surface area contributed by atoms with E-state index in [-0.39, 0.29) is 0 Å². The highest BCUT2D eigenvalue weighted by molar-refractivity contribution is 5.61. The molecule has 8 heteroatoms. The summed E-state index contributed by atoms with van der Waals surface area (Å²) in [6.07, 6.45) is 0. The lowest BCUT2D eigenvalue weighted by Gasteiger charge is -2.14. The van der Waals surface area contributed by atoms with Crippen LogP contribution in [0.1, 0.15) is 24.4 Å². The molecule has 0 radical (unpaired) electrons. The first-order valence-corrected chi connectivity index (χ1v) is 8.82. The smallest absolute Gasteiger partial charge is 0.181 e. The van der Waals surface area contributed by atoms with E-state index in [9.17, 15) is 0 Å². The molecule has 3 aromatic rings. The Hall–Kier alpha value is -3.26. The number of aromatic amines is 1. The summed E-state index contributed by atoms with van der Waals surface area (Å²) in [4.78, 5) is 4.55. The van der Waals surface area contributed by atoms with Gasteiger partial charge in [-0.2, -0.15) is 5.10 Å². The zero-order valence-electron chi connectivity index (χ0n) is 16.4. The molecule has 0 bridgehead atoms. The van der Waals surface area contributed by atoms with Gasteiger partial charge in [-0.05, 0) is 42.8 Å². The minimum Gasteiger partial charge on any atom is -0.493 e. The highest BCUT2D eigenvalue weighted by Crippen LogP contribution is 2.33. The summed E-state index contributed by atoms with van der Waals surface area (Å²) in [5.74, 6) is 3.59. The summed E-state index contributed by atoms with van der Waals surface area (Å²) >= 11 is 0. The van der Waals surface area contributed by atoms with Gasteiger partial charge in [0.25, 0.3) is 0 Å². The van der Waals surface area contributed by atoms with E-state index in [1.807, 2.05) is 43.3 Å². The highest BCUT2D eigenvalue weighted by Gasteiger charge is 2.18. The number of benzene rings is 2. The van der Waals surface area contributed by atoms with Gasteiger partial charge in [0.2, 0.25) is 0 Å². The average molecular weight is 384 g/mol. The van der Waals surface area contributed by atoms with Crippen LogP contribution in [-0.2, 0) is 0 Å². The maximum Gasteiger partial charge on any atom is 0.181 e. The van der Waals surface area contributed by atoms with Crippen molar-refractivity contribution in [1.82, 2.24) is 15.2 Å². The summed E-state index contributed by atoms with van der Waals surface area (Å²) in [7, 11) is 4.77. The number of rotatable bonds is 8. The van der Waals surface area contributed by atoms with Crippen LogP contribution >= 0.6 is 0 Å². The summed E-state index contributed by atoms with van der Waals surface area (Å²) < 4.78 is 21.5. The number of methoxy groups -OCH3 is 3. The van der Waals surface area contributed by atoms with Gasteiger partial charge in [-0.25, -0.2) is 4.98 Å². The normalized spacial score (nSPS) is 11.8. The first-order valence-electron chi connectivity index (χ1n) is 8.82. The van der Waals surface area contributed by atoms with Crippen molar-refractivity contribution in [3.63, 3.8) is 0 Å². The molecule has 1 atom stereocenters. The van der Waals surface area contributed by atoms with Crippen molar-refractivity contribution in [3.8, 4) is 34.4 Å². The van der Waals surface area contributed by atoms with E-state index < -0.39 is 6.04 Å². The van der Waals surface area contributed by atoms with Crippen LogP contribution in [0.4, 0.5) is 0 Å². The molecular formula is C20H24N4O4. The average Bonchev–Trinajstić information content (AvgIpc) is 3.23. The summed E-state index contributed by atoms with van der Waals surface area (Å²) in [6.45, 7) is 2.44. The molecule has 0 aliphatic heterocycles. The molecule has 0 saturated carbocycles. The van der Waals surface area contributed by atoms with Crippen LogP contribution in [0, 0.1) is 0 Å². The van der Waals surface area contributed by atoms with Gasteiger partial charge in [-0.15, -0.1) is 0 Å². The molecule has 2 aromatic carbocycles. The zero-order chi connectivity index (χ0) is 20.1. The Morgan fingerprint density at radius 1 is 0.929 bits per heavy atom. The molecule has 0 aliphatic carbocycles. The first-order chi connectivity index (χ1) is 13.6. The van der Waals surface area contributed by atoms with Gasteiger partial charge in [0.1, 0.15) is 5.82 Å². The minimum atomic E-state index is -0.494. The Morgan fingerprint density at radius 2 is 1.61 bits per heavy atom. The standard InChI is InChI=1S/C20H24N4O4/c1-5-28-17-10-12(6-8-15(17)26-3)18(21)20-22-19(23-24-20)13-7-9-14(25-2)16(11-13)27-4/h6-11,18H,5,21H2,1-4H3,(H,22,23,24)/t18-/m0/s1. The van der Waals surface area contributed by atoms with Gasteiger partial charge in [0.05, 0.1) is 34.0 Å². The summed E-state index contributed by atoms with van der Waals surface area (Å²) in [5, 5.41) is 7.21. The molecule has 0 spiro atoms. The predicted octanol–water partition coefficient (Wildman–Crippen LogP) is 2.94. The van der Waals surface area contributed by atoms with Gasteiger partial charge >= 0.3 is 0 Å². The van der Waals surface area contributed by atoms with E-state index >= 15 is 0 Å². The van der Waals surface area contributed by atoms with E-state index in [2.05, 4.69) is 15.2 Å². The molecule has 1 aromatic heterocycles. The molecule has 0 unspecified atom stereocenters. The fourth-order valence-corrected chi connectivity index (χ4v) is 2.83. The number of aromatic nitrogens is 3. The maximum atomic E-state index is 6.39. The summed E-state index contributed by atoms with van der Waals surface area (Å²) in [5.41, 5.74) is 8.01. The third kappa shape index (κ3) is 3.86. The second-order valence-corrected chi connectivity index (χ2v) is 5.94. The Balaban J connectivity index is 1.88. The van der Waals surface area contributed by atoms with Crippen LogP contribution in [0.2, 0.25) is 0 Å². The van der Waals surface area contributed by atoms with E-state index in [1.165, 1.54) is 0 Å². The van der Waals surface area contributed by atoms with Crippen molar-refractivity contribution in [2.24, 2.45) is 5.73 Å². The quantitative estimate of drug-likeness (QED) is 0.615. The number of hydrogen-bond acceptors (Lipinski definition) is 7. The molecule has 1 heterocycles. The molecule has 148 valence electrons. The zero-order valence-corrected chi connectivity index (χ0v) is 16.4. The molecule has 0 saturated heterocycles. The SMILES string of the molecule is CCOc1cc([C@H](N)c2nc(-c3ccc(OC)c(OC)c3)n[nH]2)ccc1OC. The lowest BCUT2D eigenvalue weighted by molar-refractivity contribution is 0.310. The van der Waals surface area contributed by atoms with E-state index in [0.717, 1.165) is 11.1 Å². The van der Waals surface area contributed by atoms with Crippen LogP contribution in [-0.4, -0.2) is 43.1 Å². The third-order valence-electron chi connectivity index (χ3n) is 4.29. The van der Waals surface area contributed by atoms with Crippen LogP contribution < -0.4 is 24.7 Å². The Bertz CT molecular complexity index is 942. The van der Waals surface area contributed by atoms with Crippen LogP contribution in [0.25, 0.3) is 11.4 Å². The number of nitrogens with zero attached hydrogens (tertiary/aromatic N) is 2. The Labute approximate surface area is 163 Å². The van der Waals surface area contributed by atoms with Gasteiger partial charge in [-0.3, -0.25) is 5.10 Å². The monoisotopic (exact) mass is 384 g/mol. The molecule has 8 nitrogen and oxygen atoms in total. The first kappa shape index (κ1) is 19.5. The Morgan fingerprint density at radius 3 is 2.29 bits per heavy atom. The fourth-order valence-electron chi connectivity index (χ4n) is 2.83.